The van der Waals surface area contributed by atoms with Crippen molar-refractivity contribution in [3.63, 3.8) is 0 Å². The molecule has 96 valence electrons. The summed E-state index contributed by atoms with van der Waals surface area (Å²) in [6.45, 7) is 6.67. The molecule has 1 atom stereocenters. The minimum absolute atomic E-state index is 0.125. The number of rotatable bonds is 5. The lowest BCUT2D eigenvalue weighted by atomic mass is 9.95. The van der Waals surface area contributed by atoms with Crippen molar-refractivity contribution in [1.82, 2.24) is 5.32 Å². The zero-order valence-electron chi connectivity index (χ0n) is 10.4. The second kappa shape index (κ2) is 6.45. The first-order valence-electron chi connectivity index (χ1n) is 5.85. The molecule has 0 amide bonds. The number of nitrogens with one attached hydrogen (secondary N) is 1. The van der Waals surface area contributed by atoms with Crippen LogP contribution in [0.2, 0.25) is 0 Å². The van der Waals surface area contributed by atoms with Crippen LogP contribution < -0.4 is 5.32 Å². The van der Waals surface area contributed by atoms with Crippen molar-refractivity contribution in [2.75, 3.05) is 6.54 Å². The van der Waals surface area contributed by atoms with Gasteiger partial charge in [-0.3, -0.25) is 0 Å². The van der Waals surface area contributed by atoms with E-state index >= 15 is 0 Å². The van der Waals surface area contributed by atoms with Crippen molar-refractivity contribution in [1.29, 1.82) is 0 Å². The van der Waals surface area contributed by atoms with Crippen LogP contribution in [0, 0.1) is 17.6 Å². The van der Waals surface area contributed by atoms with Gasteiger partial charge in [-0.05, 0) is 46.9 Å². The highest BCUT2D eigenvalue weighted by Crippen LogP contribution is 2.30. The SMILES string of the molecule is CCCNC(c1c(F)ccc(Br)c1F)C(C)C. The Kier molecular flexibility index (Phi) is 5.53. The van der Waals surface area contributed by atoms with Crippen molar-refractivity contribution >= 4 is 15.9 Å². The van der Waals surface area contributed by atoms with Crippen molar-refractivity contribution in [3.05, 3.63) is 33.8 Å². The summed E-state index contributed by atoms with van der Waals surface area (Å²) in [7, 11) is 0. The van der Waals surface area contributed by atoms with E-state index in [-0.39, 0.29) is 17.5 Å². The molecule has 0 spiro atoms. The van der Waals surface area contributed by atoms with Crippen molar-refractivity contribution in [2.45, 2.75) is 33.2 Å². The molecule has 0 aromatic heterocycles. The first kappa shape index (κ1) is 14.6. The highest BCUT2D eigenvalue weighted by Gasteiger charge is 2.23. The van der Waals surface area contributed by atoms with Crippen LogP contribution in [0.15, 0.2) is 16.6 Å². The van der Waals surface area contributed by atoms with Crippen molar-refractivity contribution in [3.8, 4) is 0 Å². The largest absolute Gasteiger partial charge is 0.310 e. The summed E-state index contributed by atoms with van der Waals surface area (Å²) in [5.74, 6) is -0.875. The molecule has 0 saturated heterocycles. The van der Waals surface area contributed by atoms with E-state index in [9.17, 15) is 8.78 Å². The fourth-order valence-electron chi connectivity index (χ4n) is 1.80. The van der Waals surface area contributed by atoms with E-state index in [4.69, 9.17) is 0 Å². The third-order valence-corrected chi connectivity index (χ3v) is 3.28. The van der Waals surface area contributed by atoms with Crippen LogP contribution in [-0.4, -0.2) is 6.54 Å². The molecule has 0 saturated carbocycles. The maximum absolute atomic E-state index is 14.0. The normalized spacial score (nSPS) is 13.1. The molecule has 1 nitrogen and oxygen atoms in total. The molecule has 0 bridgehead atoms. The summed E-state index contributed by atoms with van der Waals surface area (Å²) in [6, 6.07) is 2.39. The molecule has 17 heavy (non-hydrogen) atoms. The van der Waals surface area contributed by atoms with Gasteiger partial charge in [0.25, 0.3) is 0 Å². The first-order chi connectivity index (χ1) is 7.99. The van der Waals surface area contributed by atoms with Crippen molar-refractivity contribution < 1.29 is 8.78 Å². The fourth-order valence-corrected chi connectivity index (χ4v) is 2.14. The topological polar surface area (TPSA) is 12.0 Å². The van der Waals surface area contributed by atoms with E-state index in [0.29, 0.717) is 4.47 Å². The lowest BCUT2D eigenvalue weighted by Crippen LogP contribution is -2.28. The Hall–Kier alpha value is -0.480. The van der Waals surface area contributed by atoms with Gasteiger partial charge in [0.15, 0.2) is 0 Å². The minimum Gasteiger partial charge on any atom is -0.310 e. The van der Waals surface area contributed by atoms with Crippen LogP contribution in [0.3, 0.4) is 0 Å². The molecular weight excluding hydrogens is 288 g/mol. The number of halogens is 3. The molecule has 1 aromatic carbocycles. The third kappa shape index (κ3) is 3.49. The van der Waals surface area contributed by atoms with E-state index in [1.807, 2.05) is 20.8 Å². The van der Waals surface area contributed by atoms with Crippen LogP contribution >= 0.6 is 15.9 Å². The fraction of sp³-hybridized carbons (Fsp3) is 0.538. The molecule has 1 N–H and O–H groups in total. The van der Waals surface area contributed by atoms with Crippen LogP contribution in [0.5, 0.6) is 0 Å². The summed E-state index contributed by atoms with van der Waals surface area (Å²) in [5, 5.41) is 3.19. The van der Waals surface area contributed by atoms with Gasteiger partial charge < -0.3 is 5.32 Å². The molecule has 0 heterocycles. The Bertz CT molecular complexity index is 380. The Labute approximate surface area is 110 Å². The Morgan fingerprint density at radius 1 is 1.29 bits per heavy atom. The van der Waals surface area contributed by atoms with Gasteiger partial charge in [-0.2, -0.15) is 0 Å². The predicted octanol–water partition coefficient (Wildman–Crippen LogP) is 4.42. The minimum atomic E-state index is -0.507. The van der Waals surface area contributed by atoms with Crippen LogP contribution in [-0.2, 0) is 0 Å². The third-order valence-electron chi connectivity index (χ3n) is 2.67. The van der Waals surface area contributed by atoms with E-state index in [2.05, 4.69) is 21.2 Å². The van der Waals surface area contributed by atoms with E-state index in [0.717, 1.165) is 13.0 Å². The zero-order chi connectivity index (χ0) is 13.0. The molecule has 4 heteroatoms. The molecule has 0 fully saturated rings. The monoisotopic (exact) mass is 305 g/mol. The lowest BCUT2D eigenvalue weighted by molar-refractivity contribution is 0.380. The van der Waals surface area contributed by atoms with Gasteiger partial charge in [-0.1, -0.05) is 20.8 Å². The van der Waals surface area contributed by atoms with Crippen LogP contribution in [0.25, 0.3) is 0 Å². The summed E-state index contributed by atoms with van der Waals surface area (Å²) >= 11 is 3.10. The second-order valence-electron chi connectivity index (χ2n) is 4.43. The standard InChI is InChI=1S/C13H18BrF2N/c1-4-7-17-13(8(2)3)11-10(15)6-5-9(14)12(11)16/h5-6,8,13,17H,4,7H2,1-3H3. The van der Waals surface area contributed by atoms with Crippen LogP contribution in [0.1, 0.15) is 38.8 Å². The van der Waals surface area contributed by atoms with Gasteiger partial charge in [-0.25, -0.2) is 8.78 Å². The zero-order valence-corrected chi connectivity index (χ0v) is 11.9. The molecule has 1 aromatic rings. The smallest absolute Gasteiger partial charge is 0.145 e. The number of hydrogen-bond donors (Lipinski definition) is 1. The van der Waals surface area contributed by atoms with Crippen LogP contribution in [0.4, 0.5) is 8.78 Å². The lowest BCUT2D eigenvalue weighted by Gasteiger charge is -2.24. The summed E-state index contributed by atoms with van der Waals surface area (Å²) < 4.78 is 28.0. The van der Waals surface area contributed by atoms with Gasteiger partial charge in [0.2, 0.25) is 0 Å². The van der Waals surface area contributed by atoms with Crippen molar-refractivity contribution in [2.24, 2.45) is 5.92 Å². The average Bonchev–Trinajstić information content (AvgIpc) is 2.28. The Balaban J connectivity index is 3.13. The average molecular weight is 306 g/mol. The summed E-state index contributed by atoms with van der Waals surface area (Å²) in [4.78, 5) is 0. The highest BCUT2D eigenvalue weighted by molar-refractivity contribution is 9.10. The van der Waals surface area contributed by atoms with Gasteiger partial charge in [0.1, 0.15) is 11.6 Å². The van der Waals surface area contributed by atoms with Gasteiger partial charge in [-0.15, -0.1) is 0 Å². The first-order valence-corrected chi connectivity index (χ1v) is 6.65. The molecule has 0 radical (unpaired) electrons. The Morgan fingerprint density at radius 3 is 2.47 bits per heavy atom. The van der Waals surface area contributed by atoms with Gasteiger partial charge in [0.05, 0.1) is 4.47 Å². The van der Waals surface area contributed by atoms with E-state index < -0.39 is 11.6 Å². The number of hydrogen-bond acceptors (Lipinski definition) is 1. The van der Waals surface area contributed by atoms with E-state index in [1.54, 1.807) is 0 Å². The molecule has 0 aliphatic carbocycles. The quantitative estimate of drug-likeness (QED) is 0.794. The molecule has 0 aliphatic heterocycles. The summed E-state index contributed by atoms with van der Waals surface area (Å²) in [5.41, 5.74) is 0.128. The Morgan fingerprint density at radius 2 is 1.94 bits per heavy atom. The highest BCUT2D eigenvalue weighted by atomic mass is 79.9. The molecule has 0 aliphatic rings. The maximum atomic E-state index is 14.0. The molecular formula is C13H18BrF2N. The second-order valence-corrected chi connectivity index (χ2v) is 5.29. The maximum Gasteiger partial charge on any atom is 0.145 e. The molecule has 1 unspecified atom stereocenters. The predicted molar refractivity (Wildman–Crippen MR) is 69.9 cm³/mol. The van der Waals surface area contributed by atoms with Gasteiger partial charge >= 0.3 is 0 Å². The van der Waals surface area contributed by atoms with E-state index in [1.165, 1.54) is 12.1 Å². The number of benzene rings is 1. The van der Waals surface area contributed by atoms with Gasteiger partial charge in [0, 0.05) is 11.6 Å². The molecule has 1 rings (SSSR count). The summed E-state index contributed by atoms with van der Waals surface area (Å²) in [6.07, 6.45) is 0.931.